The molecule has 0 bridgehead atoms. The number of hydrogen-bond donors (Lipinski definition) is 5. The van der Waals surface area contributed by atoms with Crippen molar-refractivity contribution in [1.29, 1.82) is 0 Å². The molecule has 1 heterocycles. The number of nitrogens with zero attached hydrogens (tertiary/aromatic N) is 2. The van der Waals surface area contributed by atoms with E-state index in [1.807, 2.05) is 43.4 Å². The molecule has 27 heavy (non-hydrogen) atoms. The molecule has 3 rings (SSSR count). The minimum atomic E-state index is -0.931. The molecule has 0 aliphatic heterocycles. The number of anilines is 1. The van der Waals surface area contributed by atoms with Gasteiger partial charge in [-0.1, -0.05) is 23.9 Å². The molecule has 8 nitrogen and oxygen atoms in total. The summed E-state index contributed by atoms with van der Waals surface area (Å²) >= 11 is 2.55. The molecule has 0 spiro atoms. The molecular weight excluding hydrogens is 386 g/mol. The fourth-order valence-electron chi connectivity index (χ4n) is 2.42. The lowest BCUT2D eigenvalue weighted by molar-refractivity contribution is -0.133. The number of aliphatic carboxylic acids is 1. The van der Waals surface area contributed by atoms with Crippen LogP contribution < -0.4 is 10.2 Å². The number of nitrogens with one attached hydrogen (secondary N) is 3. The smallest absolute Gasteiger partial charge is 0.313 e. The minimum absolute atomic E-state index is 0.114. The van der Waals surface area contributed by atoms with Crippen LogP contribution in [0, 0.1) is 0 Å². The van der Waals surface area contributed by atoms with E-state index in [2.05, 4.69) is 25.4 Å². The summed E-state index contributed by atoms with van der Waals surface area (Å²) in [4.78, 5) is 16.1. The highest BCUT2D eigenvalue weighted by molar-refractivity contribution is 7.99. The number of hydrogen-bond acceptors (Lipinski definition) is 8. The van der Waals surface area contributed by atoms with Crippen LogP contribution in [-0.4, -0.2) is 44.3 Å². The number of carbonyl (C=O) groups is 1. The normalized spacial score (nSPS) is 10.7. The zero-order chi connectivity index (χ0) is 19.2. The Kier molecular flexibility index (Phi) is 6.35. The fourth-order valence-corrected chi connectivity index (χ4v) is 3.51. The monoisotopic (exact) mass is 403 g/mol. The molecule has 1 aromatic heterocycles. The van der Waals surface area contributed by atoms with Crippen molar-refractivity contribution < 1.29 is 15.1 Å². The SMILES string of the molecule is CNSc1cccc(-c2cc(NO)cc(-c3nc(SCC(=O)O)n[nH]3)c2)c1. The van der Waals surface area contributed by atoms with E-state index in [1.54, 1.807) is 6.07 Å². The van der Waals surface area contributed by atoms with Gasteiger partial charge in [-0.2, -0.15) is 0 Å². The molecule has 0 aliphatic carbocycles. The second kappa shape index (κ2) is 8.91. The molecular formula is C17H17N5O3S2. The average molecular weight is 403 g/mol. The van der Waals surface area contributed by atoms with Gasteiger partial charge in [0.25, 0.3) is 0 Å². The van der Waals surface area contributed by atoms with E-state index in [0.717, 1.165) is 27.8 Å². The Labute approximate surface area is 163 Å². The number of rotatable bonds is 8. The van der Waals surface area contributed by atoms with Crippen molar-refractivity contribution in [3.8, 4) is 22.5 Å². The first-order valence-corrected chi connectivity index (χ1v) is 9.66. The first-order chi connectivity index (χ1) is 13.1. The van der Waals surface area contributed by atoms with E-state index in [-0.39, 0.29) is 5.75 Å². The van der Waals surface area contributed by atoms with Crippen molar-refractivity contribution in [3.05, 3.63) is 42.5 Å². The molecule has 5 N–H and O–H groups in total. The summed E-state index contributed by atoms with van der Waals surface area (Å²) in [5.41, 5.74) is 5.26. The highest BCUT2D eigenvalue weighted by Crippen LogP contribution is 2.31. The lowest BCUT2D eigenvalue weighted by Gasteiger charge is -2.09. The molecule has 3 aromatic rings. The highest BCUT2D eigenvalue weighted by atomic mass is 32.2. The Bertz CT molecular complexity index is 948. The molecule has 140 valence electrons. The number of carboxylic acid groups (broad SMARTS) is 1. The number of benzene rings is 2. The third-order valence-corrected chi connectivity index (χ3v) is 5.04. The number of aromatic nitrogens is 3. The molecule has 10 heteroatoms. The zero-order valence-electron chi connectivity index (χ0n) is 14.3. The Balaban J connectivity index is 1.94. The maximum atomic E-state index is 10.7. The number of thioether (sulfide) groups is 1. The molecule has 0 unspecified atom stereocenters. The summed E-state index contributed by atoms with van der Waals surface area (Å²) in [6.45, 7) is 0. The van der Waals surface area contributed by atoms with Crippen LogP contribution in [-0.2, 0) is 4.79 Å². The topological polar surface area (TPSA) is 123 Å². The van der Waals surface area contributed by atoms with Gasteiger partial charge in [-0.15, -0.1) is 5.10 Å². The van der Waals surface area contributed by atoms with Crippen molar-refractivity contribution >= 4 is 35.4 Å². The lowest BCUT2D eigenvalue weighted by Crippen LogP contribution is -1.97. The average Bonchev–Trinajstić information content (AvgIpc) is 3.15. The van der Waals surface area contributed by atoms with Crippen LogP contribution in [0.25, 0.3) is 22.5 Å². The van der Waals surface area contributed by atoms with E-state index in [1.165, 1.54) is 11.9 Å². The van der Waals surface area contributed by atoms with Gasteiger partial charge in [0.1, 0.15) is 0 Å². The summed E-state index contributed by atoms with van der Waals surface area (Å²) in [5, 5.41) is 25.3. The maximum Gasteiger partial charge on any atom is 0.313 e. The second-order valence-corrected chi connectivity index (χ2v) is 7.42. The van der Waals surface area contributed by atoms with Gasteiger partial charge in [-0.05, 0) is 60.5 Å². The highest BCUT2D eigenvalue weighted by Gasteiger charge is 2.11. The van der Waals surface area contributed by atoms with E-state index >= 15 is 0 Å². The number of H-pyrrole nitrogens is 1. The predicted octanol–water partition coefficient (Wildman–Crippen LogP) is 3.34. The van der Waals surface area contributed by atoms with Crippen molar-refractivity contribution in [1.82, 2.24) is 19.9 Å². The van der Waals surface area contributed by atoms with Crippen LogP contribution >= 0.6 is 23.7 Å². The Hall–Kier alpha value is -2.53. The minimum Gasteiger partial charge on any atom is -0.481 e. The Morgan fingerprint density at radius 2 is 2.00 bits per heavy atom. The van der Waals surface area contributed by atoms with Crippen molar-refractivity contribution in [3.63, 3.8) is 0 Å². The molecule has 0 fully saturated rings. The first kappa shape index (κ1) is 19.2. The Morgan fingerprint density at radius 1 is 1.19 bits per heavy atom. The maximum absolute atomic E-state index is 10.7. The van der Waals surface area contributed by atoms with Gasteiger partial charge < -0.3 is 5.11 Å². The van der Waals surface area contributed by atoms with Gasteiger partial charge in [-0.3, -0.25) is 25.3 Å². The van der Waals surface area contributed by atoms with E-state index in [0.29, 0.717) is 22.2 Å². The summed E-state index contributed by atoms with van der Waals surface area (Å²) < 4.78 is 3.04. The van der Waals surface area contributed by atoms with Crippen LogP contribution in [0.3, 0.4) is 0 Å². The van der Waals surface area contributed by atoms with Gasteiger partial charge in [0.15, 0.2) is 5.82 Å². The van der Waals surface area contributed by atoms with Crippen molar-refractivity contribution in [2.45, 2.75) is 10.1 Å². The Morgan fingerprint density at radius 3 is 2.74 bits per heavy atom. The lowest BCUT2D eigenvalue weighted by atomic mass is 10.0. The van der Waals surface area contributed by atoms with Gasteiger partial charge in [-0.25, -0.2) is 4.98 Å². The molecule has 0 atom stereocenters. The van der Waals surface area contributed by atoms with Gasteiger partial charge in [0.2, 0.25) is 5.16 Å². The third kappa shape index (κ3) is 5.01. The molecule has 0 aliphatic rings. The van der Waals surface area contributed by atoms with Crippen LogP contribution in [0.15, 0.2) is 52.5 Å². The van der Waals surface area contributed by atoms with E-state index < -0.39 is 5.97 Å². The second-order valence-electron chi connectivity index (χ2n) is 5.39. The third-order valence-electron chi connectivity index (χ3n) is 3.51. The van der Waals surface area contributed by atoms with Crippen molar-refractivity contribution in [2.75, 3.05) is 18.3 Å². The largest absolute Gasteiger partial charge is 0.481 e. The molecule has 0 radical (unpaired) electrons. The van der Waals surface area contributed by atoms with Crippen LogP contribution in [0.4, 0.5) is 5.69 Å². The fraction of sp³-hybridized carbons (Fsp3) is 0.118. The molecule has 2 aromatic carbocycles. The van der Waals surface area contributed by atoms with Gasteiger partial charge in [0, 0.05) is 10.5 Å². The summed E-state index contributed by atoms with van der Waals surface area (Å²) in [7, 11) is 1.86. The summed E-state index contributed by atoms with van der Waals surface area (Å²) in [5.74, 6) is -0.558. The van der Waals surface area contributed by atoms with Crippen LogP contribution in [0.2, 0.25) is 0 Å². The summed E-state index contributed by atoms with van der Waals surface area (Å²) in [6.07, 6.45) is 0. The number of aromatic amines is 1. The standard InChI is InChI=1S/C17H17N5O3S2/c1-18-27-14-4-2-3-10(8-14)11-5-12(7-13(6-11)22-25)16-19-17(21-20-16)26-9-15(23)24/h2-8,18,22,25H,9H2,1H3,(H,23,24)(H,19,20,21). The number of carboxylic acids is 1. The van der Waals surface area contributed by atoms with E-state index in [9.17, 15) is 10.0 Å². The molecule has 0 saturated heterocycles. The molecule has 0 amide bonds. The first-order valence-electron chi connectivity index (χ1n) is 7.85. The van der Waals surface area contributed by atoms with Crippen LogP contribution in [0.5, 0.6) is 0 Å². The van der Waals surface area contributed by atoms with Gasteiger partial charge >= 0.3 is 5.97 Å². The molecule has 0 saturated carbocycles. The zero-order valence-corrected chi connectivity index (χ0v) is 15.9. The predicted molar refractivity (Wildman–Crippen MR) is 106 cm³/mol. The van der Waals surface area contributed by atoms with Crippen molar-refractivity contribution in [2.24, 2.45) is 0 Å². The quantitative estimate of drug-likeness (QED) is 0.219. The van der Waals surface area contributed by atoms with Crippen LogP contribution in [0.1, 0.15) is 0 Å². The summed E-state index contributed by atoms with van der Waals surface area (Å²) in [6, 6.07) is 13.5. The van der Waals surface area contributed by atoms with E-state index in [4.69, 9.17) is 5.11 Å². The van der Waals surface area contributed by atoms with Gasteiger partial charge in [0.05, 0.1) is 11.4 Å².